The van der Waals surface area contributed by atoms with Gasteiger partial charge in [0.2, 0.25) is 10.0 Å². The summed E-state index contributed by atoms with van der Waals surface area (Å²) in [5.41, 5.74) is 0.107. The Kier molecular flexibility index (Phi) is 3.80. The zero-order valence-electron chi connectivity index (χ0n) is 8.25. The van der Waals surface area contributed by atoms with E-state index in [1.165, 1.54) is 12.3 Å². The zero-order valence-corrected chi connectivity index (χ0v) is 9.07. The molecule has 0 aromatic carbocycles. The summed E-state index contributed by atoms with van der Waals surface area (Å²) < 4.78 is 21.3. The summed E-state index contributed by atoms with van der Waals surface area (Å²) in [7, 11) is -3.56. The summed E-state index contributed by atoms with van der Waals surface area (Å²) >= 11 is 0. The van der Waals surface area contributed by atoms with Crippen LogP contribution in [0.1, 0.15) is 10.5 Å². The van der Waals surface area contributed by atoms with Crippen LogP contribution in [0.3, 0.4) is 0 Å². The normalized spacial score (nSPS) is 11.1. The van der Waals surface area contributed by atoms with E-state index in [9.17, 15) is 13.2 Å². The van der Waals surface area contributed by atoms with Gasteiger partial charge < -0.3 is 10.4 Å². The van der Waals surface area contributed by atoms with Crippen molar-refractivity contribution in [2.45, 2.75) is 0 Å². The van der Waals surface area contributed by atoms with Crippen LogP contribution in [0, 0.1) is 0 Å². The summed E-state index contributed by atoms with van der Waals surface area (Å²) in [5, 5.41) is 16.2. The van der Waals surface area contributed by atoms with E-state index < -0.39 is 16.0 Å². The fraction of sp³-hybridized carbons (Fsp3) is 0.250. The minimum atomic E-state index is -3.56. The molecule has 0 saturated carbocycles. The topological polar surface area (TPSA) is 122 Å². The van der Waals surface area contributed by atoms with E-state index in [1.807, 2.05) is 0 Å². The number of carbonyl (C=O) groups is 1. The zero-order chi connectivity index (χ0) is 12.2. The van der Waals surface area contributed by atoms with E-state index in [2.05, 4.69) is 10.3 Å². The molecule has 4 N–H and O–H groups in total. The maximum absolute atomic E-state index is 10.7. The number of hydrogen-bond donors (Lipinski definition) is 3. The summed E-state index contributed by atoms with van der Waals surface area (Å²) in [4.78, 5) is 14.4. The Morgan fingerprint density at radius 1 is 1.56 bits per heavy atom. The standard InChI is InChI=1S/C8H11N3O4S/c9-16(14,15)5-4-10-6-2-1-3-11-7(6)8(12)13/h1-3,10H,4-5H2,(H,12,13)(H2,9,14,15). The Balaban J connectivity index is 2.71. The van der Waals surface area contributed by atoms with Crippen LogP contribution in [0.5, 0.6) is 0 Å². The monoisotopic (exact) mass is 245 g/mol. The average molecular weight is 245 g/mol. The molecular weight excluding hydrogens is 234 g/mol. The fourth-order valence-electron chi connectivity index (χ4n) is 1.05. The second kappa shape index (κ2) is 4.90. The molecule has 0 saturated heterocycles. The Morgan fingerprint density at radius 2 is 2.25 bits per heavy atom. The van der Waals surface area contributed by atoms with Crippen molar-refractivity contribution >= 4 is 21.7 Å². The minimum absolute atomic E-state index is 0.0325. The lowest BCUT2D eigenvalue weighted by Crippen LogP contribution is -2.23. The van der Waals surface area contributed by atoms with Crippen molar-refractivity contribution in [1.82, 2.24) is 4.98 Å². The number of rotatable bonds is 5. The molecule has 0 bridgehead atoms. The van der Waals surface area contributed by atoms with Gasteiger partial charge in [0.05, 0.1) is 11.4 Å². The summed E-state index contributed by atoms with van der Waals surface area (Å²) in [6.45, 7) is 0.0325. The molecule has 1 aromatic heterocycles. The van der Waals surface area contributed by atoms with Crippen molar-refractivity contribution in [2.24, 2.45) is 5.14 Å². The third kappa shape index (κ3) is 3.83. The van der Waals surface area contributed by atoms with Gasteiger partial charge in [0, 0.05) is 12.7 Å². The Bertz CT molecular complexity index is 486. The van der Waals surface area contributed by atoms with Gasteiger partial charge in [-0.1, -0.05) is 0 Å². The molecule has 0 atom stereocenters. The van der Waals surface area contributed by atoms with Gasteiger partial charge >= 0.3 is 5.97 Å². The molecular formula is C8H11N3O4S. The molecule has 0 fully saturated rings. The van der Waals surface area contributed by atoms with Crippen molar-refractivity contribution in [2.75, 3.05) is 17.6 Å². The van der Waals surface area contributed by atoms with E-state index in [0.717, 1.165) is 0 Å². The van der Waals surface area contributed by atoms with Crippen molar-refractivity contribution in [3.05, 3.63) is 24.0 Å². The average Bonchev–Trinajstić information content (AvgIpc) is 2.16. The maximum Gasteiger partial charge on any atom is 0.356 e. The Morgan fingerprint density at radius 3 is 2.81 bits per heavy atom. The number of nitrogens with one attached hydrogen (secondary N) is 1. The molecule has 0 aliphatic heterocycles. The molecule has 0 aliphatic carbocycles. The molecule has 7 nitrogen and oxygen atoms in total. The van der Waals surface area contributed by atoms with Gasteiger partial charge in [-0.3, -0.25) is 0 Å². The molecule has 0 amide bonds. The van der Waals surface area contributed by atoms with Gasteiger partial charge in [-0.2, -0.15) is 0 Å². The smallest absolute Gasteiger partial charge is 0.356 e. The predicted octanol–water partition coefficient (Wildman–Crippen LogP) is -0.520. The van der Waals surface area contributed by atoms with Crippen LogP contribution in [0.25, 0.3) is 0 Å². The molecule has 0 radical (unpaired) electrons. The van der Waals surface area contributed by atoms with Crippen LogP contribution in [-0.4, -0.2) is 36.8 Å². The number of aromatic nitrogens is 1. The number of nitrogens with two attached hydrogens (primary N) is 1. The summed E-state index contributed by atoms with van der Waals surface area (Å²) in [6.07, 6.45) is 1.34. The Hall–Kier alpha value is -1.67. The van der Waals surface area contributed by atoms with Crippen LogP contribution in [0.2, 0.25) is 0 Å². The second-order valence-corrected chi connectivity index (χ2v) is 4.73. The molecule has 16 heavy (non-hydrogen) atoms. The molecule has 88 valence electrons. The number of carboxylic acid groups (broad SMARTS) is 1. The van der Waals surface area contributed by atoms with E-state index in [4.69, 9.17) is 10.2 Å². The molecule has 1 heterocycles. The van der Waals surface area contributed by atoms with E-state index in [0.29, 0.717) is 0 Å². The van der Waals surface area contributed by atoms with Crippen molar-refractivity contribution < 1.29 is 18.3 Å². The molecule has 1 rings (SSSR count). The van der Waals surface area contributed by atoms with Gasteiger partial charge in [0.1, 0.15) is 0 Å². The first kappa shape index (κ1) is 12.4. The highest BCUT2D eigenvalue weighted by atomic mass is 32.2. The van der Waals surface area contributed by atoms with Crippen LogP contribution >= 0.6 is 0 Å². The third-order valence-corrected chi connectivity index (χ3v) is 2.49. The highest BCUT2D eigenvalue weighted by Crippen LogP contribution is 2.11. The highest BCUT2D eigenvalue weighted by molar-refractivity contribution is 7.89. The van der Waals surface area contributed by atoms with Gasteiger partial charge in [0.25, 0.3) is 0 Å². The predicted molar refractivity (Wildman–Crippen MR) is 57.7 cm³/mol. The van der Waals surface area contributed by atoms with Gasteiger partial charge in [-0.25, -0.2) is 23.3 Å². The number of nitrogens with zero attached hydrogens (tertiary/aromatic N) is 1. The van der Waals surface area contributed by atoms with Gasteiger partial charge in [0.15, 0.2) is 5.69 Å². The van der Waals surface area contributed by atoms with E-state index in [-0.39, 0.29) is 23.7 Å². The summed E-state index contributed by atoms with van der Waals surface area (Å²) in [6, 6.07) is 3.05. The molecule has 0 unspecified atom stereocenters. The second-order valence-electron chi connectivity index (χ2n) is 3.00. The first-order chi connectivity index (χ1) is 7.40. The molecule has 0 spiro atoms. The highest BCUT2D eigenvalue weighted by Gasteiger charge is 2.11. The molecule has 1 aromatic rings. The number of pyridine rings is 1. The number of primary sulfonamides is 1. The lowest BCUT2D eigenvalue weighted by atomic mass is 10.3. The van der Waals surface area contributed by atoms with Crippen LogP contribution in [0.15, 0.2) is 18.3 Å². The number of sulfonamides is 1. The van der Waals surface area contributed by atoms with Crippen LogP contribution < -0.4 is 10.5 Å². The first-order valence-corrected chi connectivity index (χ1v) is 6.04. The number of carboxylic acids is 1. The van der Waals surface area contributed by atoms with Gasteiger partial charge in [-0.15, -0.1) is 0 Å². The number of anilines is 1. The van der Waals surface area contributed by atoms with E-state index >= 15 is 0 Å². The molecule has 8 heteroatoms. The quantitative estimate of drug-likeness (QED) is 0.641. The van der Waals surface area contributed by atoms with Crippen molar-refractivity contribution in [3.63, 3.8) is 0 Å². The lowest BCUT2D eigenvalue weighted by Gasteiger charge is -2.07. The van der Waals surface area contributed by atoms with Gasteiger partial charge in [-0.05, 0) is 12.1 Å². The van der Waals surface area contributed by atoms with Crippen molar-refractivity contribution in [1.29, 1.82) is 0 Å². The largest absolute Gasteiger partial charge is 0.476 e. The number of hydrogen-bond acceptors (Lipinski definition) is 5. The van der Waals surface area contributed by atoms with Crippen LogP contribution in [-0.2, 0) is 10.0 Å². The fourth-order valence-corrected chi connectivity index (χ4v) is 1.43. The lowest BCUT2D eigenvalue weighted by molar-refractivity contribution is 0.0691. The minimum Gasteiger partial charge on any atom is -0.476 e. The third-order valence-electron chi connectivity index (χ3n) is 1.71. The molecule has 0 aliphatic rings. The Labute approximate surface area is 92.4 Å². The SMILES string of the molecule is NS(=O)(=O)CCNc1cccnc1C(=O)O. The number of aromatic carboxylic acids is 1. The first-order valence-electron chi connectivity index (χ1n) is 4.33. The van der Waals surface area contributed by atoms with E-state index in [1.54, 1.807) is 6.07 Å². The summed E-state index contributed by atoms with van der Waals surface area (Å²) in [5.74, 6) is -1.46. The van der Waals surface area contributed by atoms with Crippen LogP contribution in [0.4, 0.5) is 5.69 Å². The van der Waals surface area contributed by atoms with Crippen molar-refractivity contribution in [3.8, 4) is 0 Å². The maximum atomic E-state index is 10.7.